The van der Waals surface area contributed by atoms with Crippen molar-refractivity contribution in [1.82, 2.24) is 5.32 Å². The van der Waals surface area contributed by atoms with Crippen molar-refractivity contribution in [2.24, 2.45) is 0 Å². The molecule has 1 heterocycles. The Bertz CT molecular complexity index is 697. The Hall–Kier alpha value is -1.23. The van der Waals surface area contributed by atoms with Crippen LogP contribution in [-0.2, 0) is 0 Å². The number of aryl methyl sites for hydroxylation is 1. The van der Waals surface area contributed by atoms with E-state index in [0.717, 1.165) is 35.5 Å². The number of benzene rings is 1. The zero-order valence-corrected chi connectivity index (χ0v) is 18.0. The molecule has 2 N–H and O–H groups in total. The molecular weight excluding hydrogens is 362 g/mol. The van der Waals surface area contributed by atoms with Gasteiger partial charge >= 0.3 is 0 Å². The SMILES string of the molecule is Cc1cc(OCC(O)CNC(C)C)c2c(c1)OC(C)(C)C1=C2CCCC1.Cl. The summed E-state index contributed by atoms with van der Waals surface area (Å²) in [6.07, 6.45) is 4.07. The van der Waals surface area contributed by atoms with Gasteiger partial charge in [-0.1, -0.05) is 13.8 Å². The molecule has 4 nitrogen and oxygen atoms in total. The van der Waals surface area contributed by atoms with Crippen LogP contribution in [0.25, 0.3) is 5.57 Å². The van der Waals surface area contributed by atoms with Gasteiger partial charge in [0.2, 0.25) is 0 Å². The van der Waals surface area contributed by atoms with Gasteiger partial charge in [0.25, 0.3) is 0 Å². The highest BCUT2D eigenvalue weighted by atomic mass is 35.5. The largest absolute Gasteiger partial charge is 0.490 e. The minimum absolute atomic E-state index is 0. The lowest BCUT2D eigenvalue weighted by Gasteiger charge is -2.40. The summed E-state index contributed by atoms with van der Waals surface area (Å²) in [6, 6.07) is 4.53. The van der Waals surface area contributed by atoms with Crippen LogP contribution < -0.4 is 14.8 Å². The monoisotopic (exact) mass is 395 g/mol. The van der Waals surface area contributed by atoms with Gasteiger partial charge in [-0.25, -0.2) is 0 Å². The van der Waals surface area contributed by atoms with Gasteiger partial charge in [0, 0.05) is 12.6 Å². The normalized spacial score (nSPS) is 18.9. The molecule has 3 rings (SSSR count). The molecule has 0 aromatic heterocycles. The van der Waals surface area contributed by atoms with E-state index in [1.165, 1.54) is 24.0 Å². The molecule has 0 saturated carbocycles. The van der Waals surface area contributed by atoms with Gasteiger partial charge in [0.15, 0.2) is 0 Å². The predicted octanol–water partition coefficient (Wildman–Crippen LogP) is 4.65. The topological polar surface area (TPSA) is 50.7 Å². The van der Waals surface area contributed by atoms with E-state index in [2.05, 4.69) is 52.1 Å². The number of halogens is 1. The van der Waals surface area contributed by atoms with E-state index in [0.29, 0.717) is 12.6 Å². The fourth-order valence-corrected chi connectivity index (χ4v) is 4.01. The van der Waals surface area contributed by atoms with Crippen LogP contribution in [0.2, 0.25) is 0 Å². The number of rotatable bonds is 6. The molecule has 1 aromatic carbocycles. The molecule has 1 atom stereocenters. The minimum Gasteiger partial charge on any atom is -0.490 e. The van der Waals surface area contributed by atoms with E-state index in [4.69, 9.17) is 9.47 Å². The van der Waals surface area contributed by atoms with E-state index in [1.54, 1.807) is 0 Å². The smallest absolute Gasteiger partial charge is 0.132 e. The molecule has 2 aliphatic rings. The maximum Gasteiger partial charge on any atom is 0.132 e. The zero-order valence-electron chi connectivity index (χ0n) is 17.2. The van der Waals surface area contributed by atoms with Gasteiger partial charge in [0.05, 0.1) is 5.56 Å². The average Bonchev–Trinajstić information content (AvgIpc) is 2.57. The van der Waals surface area contributed by atoms with Crippen LogP contribution in [0.3, 0.4) is 0 Å². The van der Waals surface area contributed by atoms with Crippen LogP contribution in [0.4, 0.5) is 0 Å². The highest BCUT2D eigenvalue weighted by Gasteiger charge is 2.37. The molecule has 0 radical (unpaired) electrons. The second-order valence-electron chi connectivity index (χ2n) is 8.44. The number of ether oxygens (including phenoxy) is 2. The highest BCUT2D eigenvalue weighted by Crippen LogP contribution is 2.50. The molecule has 1 aromatic rings. The molecule has 0 spiro atoms. The lowest BCUT2D eigenvalue weighted by molar-refractivity contribution is 0.102. The quantitative estimate of drug-likeness (QED) is 0.735. The average molecular weight is 396 g/mol. The summed E-state index contributed by atoms with van der Waals surface area (Å²) in [5.41, 5.74) is 4.77. The number of hydrogen-bond donors (Lipinski definition) is 2. The highest BCUT2D eigenvalue weighted by molar-refractivity contribution is 5.85. The second kappa shape index (κ2) is 8.85. The fourth-order valence-electron chi connectivity index (χ4n) is 4.01. The van der Waals surface area contributed by atoms with Crippen molar-refractivity contribution < 1.29 is 14.6 Å². The number of fused-ring (bicyclic) bond motifs is 2. The summed E-state index contributed by atoms with van der Waals surface area (Å²) in [7, 11) is 0. The number of nitrogens with one attached hydrogen (secondary N) is 1. The fraction of sp³-hybridized carbons (Fsp3) is 0.636. The van der Waals surface area contributed by atoms with Crippen molar-refractivity contribution in [2.75, 3.05) is 13.2 Å². The van der Waals surface area contributed by atoms with E-state index >= 15 is 0 Å². The van der Waals surface area contributed by atoms with Crippen LogP contribution in [-0.4, -0.2) is 36.0 Å². The summed E-state index contributed by atoms with van der Waals surface area (Å²) in [5, 5.41) is 13.5. The molecule has 152 valence electrons. The molecule has 5 heteroatoms. The minimum atomic E-state index is -0.533. The van der Waals surface area contributed by atoms with Crippen LogP contribution in [0.15, 0.2) is 17.7 Å². The van der Waals surface area contributed by atoms with Gasteiger partial charge in [-0.15, -0.1) is 12.4 Å². The molecular formula is C22H34ClNO3. The van der Waals surface area contributed by atoms with E-state index in [-0.39, 0.29) is 24.6 Å². The molecule has 27 heavy (non-hydrogen) atoms. The third-order valence-corrected chi connectivity index (χ3v) is 5.26. The predicted molar refractivity (Wildman–Crippen MR) is 113 cm³/mol. The van der Waals surface area contributed by atoms with Crippen LogP contribution in [0.5, 0.6) is 11.5 Å². The van der Waals surface area contributed by atoms with E-state index in [9.17, 15) is 5.11 Å². The molecule has 0 fully saturated rings. The first-order valence-electron chi connectivity index (χ1n) is 9.88. The summed E-state index contributed by atoms with van der Waals surface area (Å²) >= 11 is 0. The summed E-state index contributed by atoms with van der Waals surface area (Å²) < 4.78 is 12.5. The van der Waals surface area contributed by atoms with Crippen molar-refractivity contribution in [1.29, 1.82) is 0 Å². The summed E-state index contributed by atoms with van der Waals surface area (Å²) in [5.74, 6) is 1.76. The first kappa shape index (κ1) is 22.1. The molecule has 0 bridgehead atoms. The number of hydrogen-bond acceptors (Lipinski definition) is 4. The number of allylic oxidation sites excluding steroid dienone is 1. The number of aliphatic hydroxyl groups excluding tert-OH is 1. The third-order valence-electron chi connectivity index (χ3n) is 5.26. The van der Waals surface area contributed by atoms with Crippen molar-refractivity contribution in [2.45, 2.75) is 78.0 Å². The first-order valence-corrected chi connectivity index (χ1v) is 9.88. The Kier molecular flexibility index (Phi) is 7.23. The number of aliphatic hydroxyl groups is 1. The Morgan fingerprint density at radius 2 is 1.93 bits per heavy atom. The summed E-state index contributed by atoms with van der Waals surface area (Å²) in [6.45, 7) is 11.3. The molecule has 0 saturated heterocycles. The summed E-state index contributed by atoms with van der Waals surface area (Å²) in [4.78, 5) is 0. The first-order chi connectivity index (χ1) is 12.3. The molecule has 1 unspecified atom stereocenters. The Balaban J connectivity index is 0.00000261. The standard InChI is InChI=1S/C22H33NO3.ClH/c1-14(2)23-12-16(24)13-25-19-10-15(3)11-20-21(19)17-8-6-7-9-18(17)22(4,5)26-20;/h10-11,14,16,23-24H,6-9,12-13H2,1-5H3;1H. The van der Waals surface area contributed by atoms with Crippen LogP contribution in [0, 0.1) is 6.92 Å². The second-order valence-corrected chi connectivity index (χ2v) is 8.44. The van der Waals surface area contributed by atoms with Crippen molar-refractivity contribution >= 4 is 18.0 Å². The van der Waals surface area contributed by atoms with Crippen molar-refractivity contribution in [3.63, 3.8) is 0 Å². The Labute approximate surface area is 169 Å². The van der Waals surface area contributed by atoms with Gasteiger partial charge in [0.1, 0.15) is 29.8 Å². The maximum atomic E-state index is 10.2. The zero-order chi connectivity index (χ0) is 18.9. The maximum absolute atomic E-state index is 10.2. The van der Waals surface area contributed by atoms with Gasteiger partial charge in [-0.3, -0.25) is 0 Å². The molecule has 0 amide bonds. The van der Waals surface area contributed by atoms with Crippen molar-refractivity contribution in [3.8, 4) is 11.5 Å². The van der Waals surface area contributed by atoms with Crippen LogP contribution in [0.1, 0.15) is 64.5 Å². The molecule has 1 aliphatic carbocycles. The third kappa shape index (κ3) is 4.98. The van der Waals surface area contributed by atoms with Gasteiger partial charge in [-0.05, 0) is 75.3 Å². The van der Waals surface area contributed by atoms with E-state index < -0.39 is 6.10 Å². The van der Waals surface area contributed by atoms with Gasteiger partial charge < -0.3 is 19.9 Å². The molecule has 1 aliphatic heterocycles. The van der Waals surface area contributed by atoms with E-state index in [1.807, 2.05) is 0 Å². The Morgan fingerprint density at radius 3 is 2.63 bits per heavy atom. The lowest BCUT2D eigenvalue weighted by Crippen LogP contribution is -2.36. The van der Waals surface area contributed by atoms with Gasteiger partial charge in [-0.2, -0.15) is 0 Å². The Morgan fingerprint density at radius 1 is 1.22 bits per heavy atom. The van der Waals surface area contributed by atoms with Crippen LogP contribution >= 0.6 is 12.4 Å². The lowest BCUT2D eigenvalue weighted by atomic mass is 9.77. The van der Waals surface area contributed by atoms with Crippen molar-refractivity contribution in [3.05, 3.63) is 28.8 Å².